The molecule has 174 valence electrons. The minimum atomic E-state index is -0.895. The molecule has 1 fully saturated rings. The van der Waals surface area contributed by atoms with Crippen molar-refractivity contribution in [1.82, 2.24) is 9.88 Å². The van der Waals surface area contributed by atoms with Gasteiger partial charge < -0.3 is 14.8 Å². The summed E-state index contributed by atoms with van der Waals surface area (Å²) in [6.45, 7) is 3.82. The third-order valence-electron chi connectivity index (χ3n) is 7.22. The summed E-state index contributed by atoms with van der Waals surface area (Å²) in [5.74, 6) is 0.483. The molecule has 1 unspecified atom stereocenters. The molecule has 0 amide bonds. The van der Waals surface area contributed by atoms with Gasteiger partial charge in [-0.25, -0.2) is 4.79 Å². The molecule has 2 heterocycles. The number of H-pyrrole nitrogens is 1. The van der Waals surface area contributed by atoms with Crippen LogP contribution in [0.2, 0.25) is 0 Å². The van der Waals surface area contributed by atoms with E-state index in [0.717, 1.165) is 42.8 Å². The second-order valence-electron chi connectivity index (χ2n) is 9.19. The van der Waals surface area contributed by atoms with Gasteiger partial charge in [0.15, 0.2) is 0 Å². The van der Waals surface area contributed by atoms with Crippen LogP contribution < -0.4 is 4.74 Å². The maximum absolute atomic E-state index is 11.4. The van der Waals surface area contributed by atoms with Crippen molar-refractivity contribution in [3.8, 4) is 5.75 Å². The quantitative estimate of drug-likeness (QED) is 0.359. The van der Waals surface area contributed by atoms with Crippen molar-refractivity contribution < 1.29 is 14.6 Å². The highest BCUT2D eigenvalue weighted by atomic mass is 16.5. The average molecular weight is 455 g/mol. The number of hydrogen-bond donors (Lipinski definition) is 2. The van der Waals surface area contributed by atoms with E-state index in [9.17, 15) is 9.90 Å². The lowest BCUT2D eigenvalue weighted by molar-refractivity contribution is 0.0696. The van der Waals surface area contributed by atoms with Crippen molar-refractivity contribution in [3.63, 3.8) is 0 Å². The minimum Gasteiger partial charge on any atom is -0.496 e. The molecule has 0 radical (unpaired) electrons. The fourth-order valence-electron chi connectivity index (χ4n) is 5.41. The number of methoxy groups -OCH3 is 1. The fraction of sp³-hybridized carbons (Fsp3) is 0.276. The molecule has 0 bridgehead atoms. The first-order valence-corrected chi connectivity index (χ1v) is 11.8. The number of likely N-dealkylation sites (tertiary alicyclic amines) is 1. The Morgan fingerprint density at radius 2 is 1.85 bits per heavy atom. The summed E-state index contributed by atoms with van der Waals surface area (Å²) in [6.07, 6.45) is 4.06. The van der Waals surface area contributed by atoms with Crippen LogP contribution in [0.4, 0.5) is 0 Å². The summed E-state index contributed by atoms with van der Waals surface area (Å²) in [7, 11) is 1.74. The molecule has 0 spiro atoms. The predicted octanol–water partition coefficient (Wildman–Crippen LogP) is 6.30. The van der Waals surface area contributed by atoms with E-state index in [1.165, 1.54) is 22.1 Å². The Bertz CT molecular complexity index is 1290. The van der Waals surface area contributed by atoms with Crippen LogP contribution >= 0.6 is 0 Å². The summed E-state index contributed by atoms with van der Waals surface area (Å²) in [5.41, 5.74) is 6.36. The van der Waals surface area contributed by atoms with E-state index < -0.39 is 5.97 Å². The van der Waals surface area contributed by atoms with Gasteiger partial charge in [-0.05, 0) is 73.2 Å². The van der Waals surface area contributed by atoms with Gasteiger partial charge in [-0.2, -0.15) is 0 Å². The number of nitrogens with zero attached hydrogens (tertiary/aromatic N) is 1. The first-order chi connectivity index (χ1) is 16.5. The molecular weight excluding hydrogens is 424 g/mol. The molecule has 2 atom stereocenters. The highest BCUT2D eigenvalue weighted by Gasteiger charge is 2.31. The Balaban J connectivity index is 1.51. The Kier molecular flexibility index (Phi) is 6.12. The summed E-state index contributed by atoms with van der Waals surface area (Å²) in [6, 6.07) is 22.5. The van der Waals surface area contributed by atoms with Crippen LogP contribution in [-0.2, 0) is 6.54 Å². The van der Waals surface area contributed by atoms with Crippen LogP contribution in [0.5, 0.6) is 5.75 Å². The number of carboxylic acids is 1. The average Bonchev–Trinajstić information content (AvgIpc) is 3.37. The summed E-state index contributed by atoms with van der Waals surface area (Å²) in [4.78, 5) is 17.3. The van der Waals surface area contributed by atoms with Gasteiger partial charge in [0.25, 0.3) is 0 Å². The zero-order valence-corrected chi connectivity index (χ0v) is 19.6. The highest BCUT2D eigenvalue weighted by Crippen LogP contribution is 2.42. The largest absolute Gasteiger partial charge is 0.496 e. The van der Waals surface area contributed by atoms with Crippen LogP contribution in [0.25, 0.3) is 10.9 Å². The number of aromatic amines is 1. The molecule has 1 aromatic heterocycles. The number of carbonyl (C=O) groups is 1. The fourth-order valence-corrected chi connectivity index (χ4v) is 5.41. The number of piperidine rings is 1. The zero-order chi connectivity index (χ0) is 23.7. The standard InChI is InChI=1S/C29H30N2O3/c1-19-16-27(34-2)25(24-12-14-30-28(19)24)18-31-15-13-23(20-6-4-3-5-7-20)17-26(31)21-8-10-22(11-9-21)29(32)33/h3-12,14,16,23,26,30H,13,15,17-18H2,1-2H3,(H,32,33)/t23?,26-/m0/s1. The van der Waals surface area contributed by atoms with Gasteiger partial charge in [0.1, 0.15) is 5.75 Å². The Morgan fingerprint density at radius 1 is 1.09 bits per heavy atom. The second kappa shape index (κ2) is 9.35. The summed E-state index contributed by atoms with van der Waals surface area (Å²) >= 11 is 0. The number of rotatable bonds is 6. The Labute approximate surface area is 200 Å². The summed E-state index contributed by atoms with van der Waals surface area (Å²) in [5, 5.41) is 10.6. The second-order valence-corrected chi connectivity index (χ2v) is 9.19. The number of ether oxygens (including phenoxy) is 1. The smallest absolute Gasteiger partial charge is 0.335 e. The van der Waals surface area contributed by atoms with Crippen molar-refractivity contribution in [3.05, 3.63) is 101 Å². The number of aromatic carboxylic acids is 1. The van der Waals surface area contributed by atoms with Gasteiger partial charge in [0.2, 0.25) is 0 Å². The predicted molar refractivity (Wildman–Crippen MR) is 135 cm³/mol. The van der Waals surface area contributed by atoms with Gasteiger partial charge in [0.05, 0.1) is 12.7 Å². The highest BCUT2D eigenvalue weighted by molar-refractivity contribution is 5.88. The maximum Gasteiger partial charge on any atom is 0.335 e. The Hall–Kier alpha value is -3.57. The molecule has 1 saturated heterocycles. The molecule has 5 nitrogen and oxygen atoms in total. The van der Waals surface area contributed by atoms with E-state index >= 15 is 0 Å². The topological polar surface area (TPSA) is 65.6 Å². The van der Waals surface area contributed by atoms with E-state index in [1.54, 1.807) is 19.2 Å². The molecular formula is C29H30N2O3. The van der Waals surface area contributed by atoms with Crippen molar-refractivity contribution in [2.75, 3.05) is 13.7 Å². The SMILES string of the molecule is COc1cc(C)c2[nH]ccc2c1CN1CCC(c2ccccc2)C[C@H]1c1ccc(C(=O)O)cc1. The van der Waals surface area contributed by atoms with Crippen LogP contribution in [0.3, 0.4) is 0 Å². The number of aromatic nitrogens is 1. The molecule has 2 N–H and O–H groups in total. The van der Waals surface area contributed by atoms with Crippen LogP contribution in [-0.4, -0.2) is 34.6 Å². The number of hydrogen-bond acceptors (Lipinski definition) is 3. The lowest BCUT2D eigenvalue weighted by Gasteiger charge is -2.40. The van der Waals surface area contributed by atoms with Gasteiger partial charge in [-0.15, -0.1) is 0 Å². The van der Waals surface area contributed by atoms with Crippen molar-refractivity contribution in [2.24, 2.45) is 0 Å². The van der Waals surface area contributed by atoms with E-state index in [-0.39, 0.29) is 6.04 Å². The van der Waals surface area contributed by atoms with Gasteiger partial charge >= 0.3 is 5.97 Å². The number of aryl methyl sites for hydroxylation is 1. The maximum atomic E-state index is 11.4. The molecule has 5 rings (SSSR count). The van der Waals surface area contributed by atoms with Crippen LogP contribution in [0.1, 0.15) is 57.4 Å². The zero-order valence-electron chi connectivity index (χ0n) is 19.6. The monoisotopic (exact) mass is 454 g/mol. The van der Waals surface area contributed by atoms with E-state index in [1.807, 2.05) is 18.3 Å². The molecule has 1 aliphatic heterocycles. The van der Waals surface area contributed by atoms with Crippen molar-refractivity contribution in [1.29, 1.82) is 0 Å². The number of nitrogens with one attached hydrogen (secondary N) is 1. The van der Waals surface area contributed by atoms with E-state index in [0.29, 0.717) is 11.5 Å². The molecule has 4 aromatic rings. The van der Waals surface area contributed by atoms with Crippen LogP contribution in [0.15, 0.2) is 72.9 Å². The minimum absolute atomic E-state index is 0.182. The first kappa shape index (κ1) is 22.2. The molecule has 34 heavy (non-hydrogen) atoms. The van der Waals surface area contributed by atoms with E-state index in [4.69, 9.17) is 4.74 Å². The molecule has 0 saturated carbocycles. The molecule has 3 aromatic carbocycles. The van der Waals surface area contributed by atoms with Crippen molar-refractivity contribution >= 4 is 16.9 Å². The first-order valence-electron chi connectivity index (χ1n) is 11.8. The van der Waals surface area contributed by atoms with E-state index in [2.05, 4.69) is 59.3 Å². The molecule has 5 heteroatoms. The number of fused-ring (bicyclic) bond motifs is 1. The third kappa shape index (κ3) is 4.19. The van der Waals surface area contributed by atoms with Gasteiger partial charge in [0, 0.05) is 35.2 Å². The molecule has 0 aliphatic carbocycles. The van der Waals surface area contributed by atoms with Gasteiger partial charge in [-0.3, -0.25) is 4.90 Å². The van der Waals surface area contributed by atoms with Crippen molar-refractivity contribution in [2.45, 2.75) is 38.3 Å². The number of benzene rings is 3. The summed E-state index contributed by atoms with van der Waals surface area (Å²) < 4.78 is 5.81. The number of carboxylic acid groups (broad SMARTS) is 1. The lowest BCUT2D eigenvalue weighted by atomic mass is 9.82. The lowest BCUT2D eigenvalue weighted by Crippen LogP contribution is -2.36. The third-order valence-corrected chi connectivity index (χ3v) is 7.22. The molecule has 1 aliphatic rings. The Morgan fingerprint density at radius 3 is 2.56 bits per heavy atom. The van der Waals surface area contributed by atoms with Crippen LogP contribution in [0, 0.1) is 6.92 Å². The van der Waals surface area contributed by atoms with Gasteiger partial charge in [-0.1, -0.05) is 42.5 Å². The normalized spacial score (nSPS) is 18.8.